The summed E-state index contributed by atoms with van der Waals surface area (Å²) in [6.07, 6.45) is -1.78. The number of halogens is 3. The van der Waals surface area contributed by atoms with Crippen LogP contribution in [0.4, 0.5) is 18.9 Å². The van der Waals surface area contributed by atoms with Crippen molar-refractivity contribution >= 4 is 11.6 Å². The standard InChI is InChI=1S/C17H17F3N2O3/c18-17(19,20)25-13-5-6-15-12(9-13)3-1-7-22(15)11-16(23)21-10-14-4-2-8-24-14/h2,4-6,8-9H,1,3,7,10-11H2,(H,21,23). The zero-order valence-electron chi connectivity index (χ0n) is 13.3. The number of nitrogens with one attached hydrogen (secondary N) is 1. The van der Waals surface area contributed by atoms with E-state index in [-0.39, 0.29) is 18.2 Å². The lowest BCUT2D eigenvalue weighted by Crippen LogP contribution is -2.39. The normalized spacial score (nSPS) is 14.1. The predicted octanol–water partition coefficient (Wildman–Crippen LogP) is 3.25. The molecule has 134 valence electrons. The second-order valence-electron chi connectivity index (χ2n) is 5.72. The number of furan rings is 1. The average Bonchev–Trinajstić information content (AvgIpc) is 3.05. The van der Waals surface area contributed by atoms with Gasteiger partial charge in [0.25, 0.3) is 0 Å². The number of fused-ring (bicyclic) bond motifs is 1. The molecule has 5 nitrogen and oxygen atoms in total. The van der Waals surface area contributed by atoms with Gasteiger partial charge in [0.05, 0.1) is 19.4 Å². The fourth-order valence-corrected chi connectivity index (χ4v) is 2.84. The van der Waals surface area contributed by atoms with Gasteiger partial charge < -0.3 is 19.4 Å². The number of hydrogen-bond acceptors (Lipinski definition) is 4. The molecule has 1 N–H and O–H groups in total. The maximum Gasteiger partial charge on any atom is 0.573 e. The maximum absolute atomic E-state index is 12.3. The topological polar surface area (TPSA) is 54.7 Å². The van der Waals surface area contributed by atoms with E-state index in [2.05, 4.69) is 10.1 Å². The van der Waals surface area contributed by atoms with Gasteiger partial charge in [0.1, 0.15) is 11.5 Å². The number of benzene rings is 1. The fraction of sp³-hybridized carbons (Fsp3) is 0.353. The minimum atomic E-state index is -4.71. The van der Waals surface area contributed by atoms with Crippen LogP contribution in [0.25, 0.3) is 0 Å². The number of carbonyl (C=O) groups excluding carboxylic acids is 1. The van der Waals surface area contributed by atoms with Gasteiger partial charge in [-0.25, -0.2) is 0 Å². The summed E-state index contributed by atoms with van der Waals surface area (Å²) in [7, 11) is 0. The molecule has 0 aliphatic carbocycles. The lowest BCUT2D eigenvalue weighted by atomic mass is 10.0. The Morgan fingerprint density at radius 2 is 2.16 bits per heavy atom. The van der Waals surface area contributed by atoms with Crippen LogP contribution in [0, 0.1) is 0 Å². The summed E-state index contributed by atoms with van der Waals surface area (Å²) >= 11 is 0. The monoisotopic (exact) mass is 354 g/mol. The molecule has 2 aromatic rings. The van der Waals surface area contributed by atoms with Crippen molar-refractivity contribution in [1.29, 1.82) is 0 Å². The summed E-state index contributed by atoms with van der Waals surface area (Å²) in [6, 6.07) is 7.72. The predicted molar refractivity (Wildman–Crippen MR) is 84.2 cm³/mol. The van der Waals surface area contributed by atoms with E-state index in [0.717, 1.165) is 17.7 Å². The molecule has 0 atom stereocenters. The van der Waals surface area contributed by atoms with Gasteiger partial charge in [-0.3, -0.25) is 4.79 Å². The highest BCUT2D eigenvalue weighted by atomic mass is 19.4. The summed E-state index contributed by atoms with van der Waals surface area (Å²) < 4.78 is 46.1. The van der Waals surface area contributed by atoms with Crippen molar-refractivity contribution in [3.05, 3.63) is 47.9 Å². The van der Waals surface area contributed by atoms with Crippen molar-refractivity contribution in [3.63, 3.8) is 0 Å². The van der Waals surface area contributed by atoms with Gasteiger partial charge >= 0.3 is 6.36 Å². The van der Waals surface area contributed by atoms with Crippen LogP contribution in [-0.2, 0) is 17.8 Å². The molecule has 0 bridgehead atoms. The number of anilines is 1. The van der Waals surface area contributed by atoms with Gasteiger partial charge in [-0.05, 0) is 48.7 Å². The van der Waals surface area contributed by atoms with E-state index in [1.165, 1.54) is 18.4 Å². The van der Waals surface area contributed by atoms with Crippen molar-refractivity contribution in [2.75, 3.05) is 18.0 Å². The molecule has 25 heavy (non-hydrogen) atoms. The molecule has 0 saturated heterocycles. The summed E-state index contributed by atoms with van der Waals surface area (Å²) in [5, 5.41) is 2.76. The minimum absolute atomic E-state index is 0.132. The summed E-state index contributed by atoms with van der Waals surface area (Å²) in [4.78, 5) is 14.0. The number of nitrogens with zero attached hydrogens (tertiary/aromatic N) is 1. The van der Waals surface area contributed by atoms with E-state index < -0.39 is 6.36 Å². The lowest BCUT2D eigenvalue weighted by molar-refractivity contribution is -0.274. The first-order valence-corrected chi connectivity index (χ1v) is 7.83. The highest BCUT2D eigenvalue weighted by Crippen LogP contribution is 2.32. The molecule has 0 spiro atoms. The first kappa shape index (κ1) is 17.2. The number of ether oxygens (including phenoxy) is 1. The van der Waals surface area contributed by atoms with Crippen LogP contribution in [0.15, 0.2) is 41.0 Å². The number of aryl methyl sites for hydroxylation is 1. The van der Waals surface area contributed by atoms with Gasteiger partial charge in [0, 0.05) is 12.2 Å². The minimum Gasteiger partial charge on any atom is -0.467 e. The van der Waals surface area contributed by atoms with E-state index in [0.29, 0.717) is 25.3 Å². The molecule has 0 saturated carbocycles. The SMILES string of the molecule is O=C(CN1CCCc2cc(OC(F)(F)F)ccc21)NCc1ccco1. The van der Waals surface area contributed by atoms with Crippen molar-refractivity contribution in [2.24, 2.45) is 0 Å². The number of amides is 1. The molecular weight excluding hydrogens is 337 g/mol. The van der Waals surface area contributed by atoms with Crippen molar-refractivity contribution < 1.29 is 27.1 Å². The molecule has 1 aliphatic rings. The first-order chi connectivity index (χ1) is 11.9. The molecule has 0 unspecified atom stereocenters. The Balaban J connectivity index is 1.63. The van der Waals surface area contributed by atoms with Crippen LogP contribution in [-0.4, -0.2) is 25.4 Å². The van der Waals surface area contributed by atoms with Gasteiger partial charge in [-0.15, -0.1) is 13.2 Å². The Morgan fingerprint density at radius 3 is 2.88 bits per heavy atom. The fourth-order valence-electron chi connectivity index (χ4n) is 2.84. The van der Waals surface area contributed by atoms with Crippen LogP contribution >= 0.6 is 0 Å². The number of carbonyl (C=O) groups is 1. The van der Waals surface area contributed by atoms with Gasteiger partial charge in [0.2, 0.25) is 5.91 Å². The zero-order chi connectivity index (χ0) is 17.9. The van der Waals surface area contributed by atoms with Crippen LogP contribution in [0.2, 0.25) is 0 Å². The lowest BCUT2D eigenvalue weighted by Gasteiger charge is -2.31. The quantitative estimate of drug-likeness (QED) is 0.896. The molecule has 1 aromatic carbocycles. The largest absolute Gasteiger partial charge is 0.573 e. The van der Waals surface area contributed by atoms with Crippen molar-refractivity contribution in [1.82, 2.24) is 5.32 Å². The van der Waals surface area contributed by atoms with Gasteiger partial charge in [-0.1, -0.05) is 0 Å². The van der Waals surface area contributed by atoms with Crippen molar-refractivity contribution in [3.8, 4) is 5.75 Å². The number of alkyl halides is 3. The summed E-state index contributed by atoms with van der Waals surface area (Å²) in [6.45, 7) is 1.10. The van der Waals surface area contributed by atoms with E-state index in [4.69, 9.17) is 4.42 Å². The van der Waals surface area contributed by atoms with Crippen LogP contribution in [0.1, 0.15) is 17.7 Å². The van der Waals surface area contributed by atoms with Crippen LogP contribution in [0.5, 0.6) is 5.75 Å². The second kappa shape index (κ2) is 7.08. The van der Waals surface area contributed by atoms with Crippen molar-refractivity contribution in [2.45, 2.75) is 25.7 Å². The number of rotatable bonds is 5. The summed E-state index contributed by atoms with van der Waals surface area (Å²) in [5.74, 6) is 0.233. The highest BCUT2D eigenvalue weighted by molar-refractivity contribution is 5.82. The third kappa shape index (κ3) is 4.68. The molecule has 2 heterocycles. The second-order valence-corrected chi connectivity index (χ2v) is 5.72. The van der Waals surface area contributed by atoms with E-state index in [9.17, 15) is 18.0 Å². The highest BCUT2D eigenvalue weighted by Gasteiger charge is 2.31. The van der Waals surface area contributed by atoms with E-state index in [1.54, 1.807) is 18.2 Å². The van der Waals surface area contributed by atoms with Crippen LogP contribution < -0.4 is 15.0 Å². The van der Waals surface area contributed by atoms with Crippen LogP contribution in [0.3, 0.4) is 0 Å². The van der Waals surface area contributed by atoms with E-state index in [1.807, 2.05) is 4.90 Å². The molecule has 8 heteroatoms. The number of hydrogen-bond donors (Lipinski definition) is 1. The molecular formula is C17H17F3N2O3. The third-order valence-corrected chi connectivity index (χ3v) is 3.87. The molecule has 1 amide bonds. The third-order valence-electron chi connectivity index (χ3n) is 3.87. The first-order valence-electron chi connectivity index (χ1n) is 7.83. The molecule has 0 radical (unpaired) electrons. The Hall–Kier alpha value is -2.64. The average molecular weight is 354 g/mol. The van der Waals surface area contributed by atoms with E-state index >= 15 is 0 Å². The Labute approximate surface area is 142 Å². The Bertz CT molecular complexity index is 729. The smallest absolute Gasteiger partial charge is 0.467 e. The molecule has 1 aromatic heterocycles. The van der Waals surface area contributed by atoms with Gasteiger partial charge in [0.15, 0.2) is 0 Å². The zero-order valence-corrected chi connectivity index (χ0v) is 13.3. The summed E-state index contributed by atoms with van der Waals surface area (Å²) in [5.41, 5.74) is 1.50. The maximum atomic E-state index is 12.3. The molecule has 3 rings (SSSR count). The van der Waals surface area contributed by atoms with Gasteiger partial charge in [-0.2, -0.15) is 0 Å². The molecule has 0 fully saturated rings. The Kier molecular flexibility index (Phi) is 4.87. The molecule has 1 aliphatic heterocycles. The Morgan fingerprint density at radius 1 is 1.32 bits per heavy atom.